The maximum absolute atomic E-state index is 12.1. The van der Waals surface area contributed by atoms with Crippen LogP contribution in [0, 0.1) is 5.92 Å². The third-order valence-electron chi connectivity index (χ3n) is 3.51. The van der Waals surface area contributed by atoms with Crippen molar-refractivity contribution in [2.24, 2.45) is 5.92 Å². The van der Waals surface area contributed by atoms with Crippen molar-refractivity contribution >= 4 is 11.8 Å². The number of carbonyl (C=O) groups is 2. The van der Waals surface area contributed by atoms with Crippen LogP contribution in [0.4, 0.5) is 0 Å². The Hall–Kier alpha value is -1.10. The number of carbonyl (C=O) groups excluding carboxylic acids is 2. The molecule has 2 amide bonds. The van der Waals surface area contributed by atoms with Gasteiger partial charge >= 0.3 is 0 Å². The van der Waals surface area contributed by atoms with Crippen LogP contribution >= 0.6 is 0 Å². The first-order valence-electron chi connectivity index (χ1n) is 6.97. The van der Waals surface area contributed by atoms with Crippen molar-refractivity contribution in [1.29, 1.82) is 0 Å². The lowest BCUT2D eigenvalue weighted by atomic mass is 9.96. The predicted octanol–water partition coefficient (Wildman–Crippen LogP) is 1.17. The maximum atomic E-state index is 12.1. The Morgan fingerprint density at radius 3 is 2.53 bits per heavy atom. The minimum Gasteiger partial charge on any atom is -0.380 e. The fraction of sp³-hybridized carbons (Fsp3) is 0.857. The zero-order valence-electron chi connectivity index (χ0n) is 12.7. The molecule has 19 heavy (non-hydrogen) atoms. The normalized spacial score (nSPS) is 22.8. The second kappa shape index (κ2) is 6.37. The van der Waals surface area contributed by atoms with Gasteiger partial charge in [-0.25, -0.2) is 0 Å². The fourth-order valence-electron chi connectivity index (χ4n) is 2.03. The molecule has 110 valence electrons. The highest BCUT2D eigenvalue weighted by Gasteiger charge is 2.44. The molecule has 5 nitrogen and oxygen atoms in total. The largest absolute Gasteiger partial charge is 0.380 e. The van der Waals surface area contributed by atoms with Crippen LogP contribution in [-0.4, -0.2) is 48.1 Å². The van der Waals surface area contributed by atoms with E-state index >= 15 is 0 Å². The third kappa shape index (κ3) is 3.93. The number of ether oxygens (including phenoxy) is 1. The minimum absolute atomic E-state index is 0.0444. The minimum atomic E-state index is -0.801. The molecule has 0 spiro atoms. The molecule has 0 saturated carbocycles. The van der Waals surface area contributed by atoms with E-state index in [-0.39, 0.29) is 11.8 Å². The first kappa shape index (κ1) is 16.0. The molecule has 1 unspecified atom stereocenters. The fourth-order valence-corrected chi connectivity index (χ4v) is 2.03. The molecule has 0 aromatic heterocycles. The first-order valence-corrected chi connectivity index (χ1v) is 6.97. The summed E-state index contributed by atoms with van der Waals surface area (Å²) < 4.78 is 5.53. The number of amides is 2. The Bertz CT molecular complexity index is 340. The molecule has 0 radical (unpaired) electrons. The second-order valence-corrected chi connectivity index (χ2v) is 6.04. The van der Waals surface area contributed by atoms with Gasteiger partial charge in [0.05, 0.1) is 6.61 Å². The van der Waals surface area contributed by atoms with Gasteiger partial charge in [-0.3, -0.25) is 9.59 Å². The molecule has 1 fully saturated rings. The summed E-state index contributed by atoms with van der Waals surface area (Å²) >= 11 is 0. The molecule has 1 heterocycles. The average Bonchev–Trinajstić information content (AvgIpc) is 2.30. The molecule has 1 aliphatic heterocycles. The third-order valence-corrected chi connectivity index (χ3v) is 3.51. The van der Waals surface area contributed by atoms with E-state index in [1.165, 1.54) is 0 Å². The van der Waals surface area contributed by atoms with Crippen molar-refractivity contribution in [3.05, 3.63) is 0 Å². The number of hydrogen-bond acceptors (Lipinski definition) is 3. The lowest BCUT2D eigenvalue weighted by Crippen LogP contribution is -2.68. The van der Waals surface area contributed by atoms with Gasteiger partial charge in [-0.1, -0.05) is 13.8 Å². The van der Waals surface area contributed by atoms with Gasteiger partial charge in [0.1, 0.15) is 11.6 Å². The first-order chi connectivity index (χ1) is 8.76. The van der Waals surface area contributed by atoms with E-state index in [2.05, 4.69) is 19.2 Å². The molecule has 0 aromatic carbocycles. The van der Waals surface area contributed by atoms with Crippen LogP contribution in [0.3, 0.4) is 0 Å². The van der Waals surface area contributed by atoms with Crippen LogP contribution in [0.2, 0.25) is 0 Å². The monoisotopic (exact) mass is 270 g/mol. The molecule has 1 saturated heterocycles. The van der Waals surface area contributed by atoms with E-state index in [4.69, 9.17) is 4.74 Å². The molecule has 5 heteroatoms. The highest BCUT2D eigenvalue weighted by Crippen LogP contribution is 2.20. The zero-order chi connectivity index (χ0) is 14.6. The van der Waals surface area contributed by atoms with Crippen molar-refractivity contribution < 1.29 is 14.3 Å². The van der Waals surface area contributed by atoms with Gasteiger partial charge in [0.15, 0.2) is 0 Å². The van der Waals surface area contributed by atoms with Crippen molar-refractivity contribution in [3.8, 4) is 0 Å². The summed E-state index contributed by atoms with van der Waals surface area (Å²) in [5.74, 6) is 0.456. The van der Waals surface area contributed by atoms with Crippen molar-refractivity contribution in [2.75, 3.05) is 19.8 Å². The summed E-state index contributed by atoms with van der Waals surface area (Å²) in [5, 5.41) is 2.69. The Morgan fingerprint density at radius 2 is 1.95 bits per heavy atom. The Labute approximate surface area is 115 Å². The molecule has 0 aliphatic carbocycles. The average molecular weight is 270 g/mol. The van der Waals surface area contributed by atoms with Crippen LogP contribution in [0.25, 0.3) is 0 Å². The molecule has 0 aromatic rings. The van der Waals surface area contributed by atoms with Crippen LogP contribution < -0.4 is 5.32 Å². The summed E-state index contributed by atoms with van der Waals surface area (Å²) in [6.07, 6.45) is 1.01. The predicted molar refractivity (Wildman–Crippen MR) is 73.7 cm³/mol. The Morgan fingerprint density at radius 1 is 1.32 bits per heavy atom. The van der Waals surface area contributed by atoms with E-state index in [0.29, 0.717) is 25.7 Å². The standard InChI is InChI=1S/C14H26N2O3/c1-10(2)6-8-19-9-7-16-12(17)11(3)15-13(18)14(16,4)5/h10-11H,6-9H2,1-5H3,(H,15,18). The van der Waals surface area contributed by atoms with E-state index < -0.39 is 11.6 Å². The topological polar surface area (TPSA) is 58.6 Å². The van der Waals surface area contributed by atoms with Crippen molar-refractivity contribution in [1.82, 2.24) is 10.2 Å². The molecule has 1 atom stereocenters. The lowest BCUT2D eigenvalue weighted by Gasteiger charge is -2.43. The quantitative estimate of drug-likeness (QED) is 0.737. The number of nitrogens with zero attached hydrogens (tertiary/aromatic N) is 1. The SMILES string of the molecule is CC(C)CCOCCN1C(=O)C(C)NC(=O)C1(C)C. The summed E-state index contributed by atoms with van der Waals surface area (Å²) in [5.41, 5.74) is -0.801. The molecule has 1 rings (SSSR count). The summed E-state index contributed by atoms with van der Waals surface area (Å²) in [7, 11) is 0. The highest BCUT2D eigenvalue weighted by atomic mass is 16.5. The maximum Gasteiger partial charge on any atom is 0.246 e. The Balaban J connectivity index is 2.49. The van der Waals surface area contributed by atoms with Crippen molar-refractivity contribution in [3.63, 3.8) is 0 Å². The molecular formula is C14H26N2O3. The van der Waals surface area contributed by atoms with Gasteiger partial charge in [0, 0.05) is 13.2 Å². The van der Waals surface area contributed by atoms with E-state index in [0.717, 1.165) is 6.42 Å². The van der Waals surface area contributed by atoms with Gasteiger partial charge in [0.2, 0.25) is 11.8 Å². The van der Waals surface area contributed by atoms with Gasteiger partial charge in [-0.2, -0.15) is 0 Å². The molecule has 1 N–H and O–H groups in total. The van der Waals surface area contributed by atoms with Gasteiger partial charge in [-0.15, -0.1) is 0 Å². The van der Waals surface area contributed by atoms with E-state index in [9.17, 15) is 9.59 Å². The van der Waals surface area contributed by atoms with Gasteiger partial charge in [0.25, 0.3) is 0 Å². The van der Waals surface area contributed by atoms with Gasteiger partial charge in [-0.05, 0) is 33.1 Å². The van der Waals surface area contributed by atoms with E-state index in [1.54, 1.807) is 25.7 Å². The van der Waals surface area contributed by atoms with Crippen molar-refractivity contribution in [2.45, 2.75) is 52.6 Å². The smallest absolute Gasteiger partial charge is 0.246 e. The molecule has 0 bridgehead atoms. The highest BCUT2D eigenvalue weighted by molar-refractivity contribution is 5.99. The van der Waals surface area contributed by atoms with E-state index in [1.807, 2.05) is 0 Å². The van der Waals surface area contributed by atoms with Gasteiger partial charge < -0.3 is 15.0 Å². The summed E-state index contributed by atoms with van der Waals surface area (Å²) in [4.78, 5) is 25.6. The van der Waals surface area contributed by atoms with Crippen LogP contribution in [0.1, 0.15) is 41.0 Å². The summed E-state index contributed by atoms with van der Waals surface area (Å²) in [6.45, 7) is 11.2. The second-order valence-electron chi connectivity index (χ2n) is 6.04. The van der Waals surface area contributed by atoms with Crippen LogP contribution in [0.5, 0.6) is 0 Å². The molecule has 1 aliphatic rings. The number of rotatable bonds is 6. The zero-order valence-corrected chi connectivity index (χ0v) is 12.7. The lowest BCUT2D eigenvalue weighted by molar-refractivity contribution is -0.155. The number of piperazine rings is 1. The molecular weight excluding hydrogens is 244 g/mol. The number of nitrogens with one attached hydrogen (secondary N) is 1. The van der Waals surface area contributed by atoms with Crippen LogP contribution in [0.15, 0.2) is 0 Å². The van der Waals surface area contributed by atoms with Crippen LogP contribution in [-0.2, 0) is 14.3 Å². The Kier molecular flexibility index (Phi) is 5.35. The number of hydrogen-bond donors (Lipinski definition) is 1. The summed E-state index contributed by atoms with van der Waals surface area (Å²) in [6, 6.07) is -0.448.